The van der Waals surface area contributed by atoms with Gasteiger partial charge in [0.05, 0.1) is 16.0 Å². The van der Waals surface area contributed by atoms with E-state index in [2.05, 4.69) is 10.1 Å². The Kier molecular flexibility index (Phi) is 4.60. The molecule has 0 bridgehead atoms. The molecule has 0 fully saturated rings. The molecule has 1 atom stereocenters. The van der Waals surface area contributed by atoms with E-state index in [1.54, 1.807) is 0 Å². The van der Waals surface area contributed by atoms with E-state index >= 15 is 0 Å². The average molecular weight is 412 g/mol. The molecule has 140 valence electrons. The normalized spacial score (nSPS) is 19.3. The summed E-state index contributed by atoms with van der Waals surface area (Å²) in [5.74, 6) is -0.674. The van der Waals surface area contributed by atoms with E-state index in [4.69, 9.17) is 11.6 Å². The number of rotatable bonds is 2. The van der Waals surface area contributed by atoms with Gasteiger partial charge in [0, 0.05) is 4.90 Å². The molecule has 4 rings (SSSR count). The number of halogens is 4. The van der Waals surface area contributed by atoms with Gasteiger partial charge in [-0.15, -0.1) is 13.2 Å². The van der Waals surface area contributed by atoms with E-state index in [1.807, 2.05) is 30.3 Å². The molecule has 0 saturated heterocycles. The van der Waals surface area contributed by atoms with Crippen molar-refractivity contribution in [3.05, 3.63) is 69.1 Å². The Morgan fingerprint density at radius 1 is 1.19 bits per heavy atom. The first-order valence-electron chi connectivity index (χ1n) is 8.14. The summed E-state index contributed by atoms with van der Waals surface area (Å²) < 4.78 is 41.6. The minimum absolute atomic E-state index is 0.101. The minimum atomic E-state index is -4.83. The van der Waals surface area contributed by atoms with Crippen molar-refractivity contribution < 1.29 is 22.7 Å². The van der Waals surface area contributed by atoms with Crippen molar-refractivity contribution in [1.82, 2.24) is 5.32 Å². The Hall–Kier alpha value is -2.12. The molecule has 2 aliphatic rings. The molecule has 3 nitrogen and oxygen atoms in total. The molecule has 0 saturated carbocycles. The maximum absolute atomic E-state index is 12.6. The SMILES string of the molecule is O=C1NC(c2ccccc2)CC2=C1Sc1cc(OC(F)(F)F)c(Cl)cc1C2. The number of fused-ring (bicyclic) bond motifs is 1. The Balaban J connectivity index is 1.63. The van der Waals surface area contributed by atoms with Gasteiger partial charge in [0.15, 0.2) is 0 Å². The average Bonchev–Trinajstić information content (AvgIpc) is 2.61. The van der Waals surface area contributed by atoms with Gasteiger partial charge in [-0.2, -0.15) is 0 Å². The number of benzene rings is 2. The number of thioether (sulfide) groups is 1. The summed E-state index contributed by atoms with van der Waals surface area (Å²) in [5, 5.41) is 2.87. The number of hydrogen-bond acceptors (Lipinski definition) is 3. The van der Waals surface area contributed by atoms with Gasteiger partial charge in [0.1, 0.15) is 5.75 Å². The second kappa shape index (κ2) is 6.80. The van der Waals surface area contributed by atoms with E-state index in [0.717, 1.165) is 28.5 Å². The van der Waals surface area contributed by atoms with Crippen LogP contribution >= 0.6 is 23.4 Å². The summed E-state index contributed by atoms with van der Waals surface area (Å²) in [6.45, 7) is 0. The molecule has 0 spiro atoms. The molecule has 0 aromatic heterocycles. The van der Waals surface area contributed by atoms with E-state index in [9.17, 15) is 18.0 Å². The van der Waals surface area contributed by atoms with Crippen LogP contribution in [0.25, 0.3) is 0 Å². The maximum atomic E-state index is 12.6. The van der Waals surface area contributed by atoms with Crippen LogP contribution in [0.5, 0.6) is 5.75 Å². The first-order valence-corrected chi connectivity index (χ1v) is 9.33. The largest absolute Gasteiger partial charge is 0.573 e. The van der Waals surface area contributed by atoms with Crippen molar-refractivity contribution in [3.8, 4) is 5.75 Å². The van der Waals surface area contributed by atoms with E-state index in [-0.39, 0.29) is 17.0 Å². The van der Waals surface area contributed by atoms with Crippen LogP contribution in [0.1, 0.15) is 23.6 Å². The Bertz CT molecular complexity index is 944. The molecule has 8 heteroatoms. The topological polar surface area (TPSA) is 38.3 Å². The summed E-state index contributed by atoms with van der Waals surface area (Å²) in [6, 6.07) is 12.3. The fourth-order valence-corrected chi connectivity index (χ4v) is 4.61. The third-order valence-electron chi connectivity index (χ3n) is 4.44. The second-order valence-corrected chi connectivity index (χ2v) is 7.75. The van der Waals surface area contributed by atoms with Crippen molar-refractivity contribution in [2.75, 3.05) is 0 Å². The zero-order valence-electron chi connectivity index (χ0n) is 13.8. The van der Waals surface area contributed by atoms with E-state index < -0.39 is 12.1 Å². The zero-order valence-corrected chi connectivity index (χ0v) is 15.3. The molecule has 0 aliphatic carbocycles. The van der Waals surface area contributed by atoms with Crippen LogP contribution in [0.2, 0.25) is 5.02 Å². The van der Waals surface area contributed by atoms with Crippen LogP contribution in [0.4, 0.5) is 13.2 Å². The van der Waals surface area contributed by atoms with Crippen LogP contribution < -0.4 is 10.1 Å². The van der Waals surface area contributed by atoms with Crippen LogP contribution in [0, 0.1) is 0 Å². The predicted molar refractivity (Wildman–Crippen MR) is 96.7 cm³/mol. The molecule has 1 unspecified atom stereocenters. The number of carbonyl (C=O) groups is 1. The van der Waals surface area contributed by atoms with Gasteiger partial charge in [-0.3, -0.25) is 4.79 Å². The van der Waals surface area contributed by atoms with Crippen LogP contribution in [0.15, 0.2) is 57.8 Å². The lowest BCUT2D eigenvalue weighted by Crippen LogP contribution is -2.35. The van der Waals surface area contributed by atoms with Gasteiger partial charge in [0.2, 0.25) is 0 Å². The Morgan fingerprint density at radius 3 is 2.63 bits per heavy atom. The van der Waals surface area contributed by atoms with Crippen molar-refractivity contribution in [2.45, 2.75) is 30.1 Å². The minimum Gasteiger partial charge on any atom is -0.404 e. The van der Waals surface area contributed by atoms with Gasteiger partial charge in [0.25, 0.3) is 5.91 Å². The summed E-state index contributed by atoms with van der Waals surface area (Å²) >= 11 is 7.12. The van der Waals surface area contributed by atoms with Crippen molar-refractivity contribution in [2.24, 2.45) is 0 Å². The van der Waals surface area contributed by atoms with Crippen molar-refractivity contribution >= 4 is 29.3 Å². The lowest BCUT2D eigenvalue weighted by Gasteiger charge is -2.31. The lowest BCUT2D eigenvalue weighted by molar-refractivity contribution is -0.274. The number of ether oxygens (including phenoxy) is 1. The van der Waals surface area contributed by atoms with Gasteiger partial charge < -0.3 is 10.1 Å². The van der Waals surface area contributed by atoms with Crippen molar-refractivity contribution in [1.29, 1.82) is 0 Å². The highest BCUT2D eigenvalue weighted by Crippen LogP contribution is 2.46. The number of hydrogen-bond donors (Lipinski definition) is 1. The van der Waals surface area contributed by atoms with Crippen LogP contribution in [0.3, 0.4) is 0 Å². The molecule has 2 aliphatic heterocycles. The third kappa shape index (κ3) is 3.80. The Labute approximate surface area is 162 Å². The Morgan fingerprint density at radius 2 is 1.93 bits per heavy atom. The molecule has 2 heterocycles. The van der Waals surface area contributed by atoms with Gasteiger partial charge >= 0.3 is 6.36 Å². The molecule has 1 amide bonds. The first-order chi connectivity index (χ1) is 12.8. The fraction of sp³-hybridized carbons (Fsp3) is 0.211. The summed E-state index contributed by atoms with van der Waals surface area (Å²) in [6.07, 6.45) is -3.71. The number of alkyl halides is 3. The molecular formula is C19H13ClF3NO2S. The molecular weight excluding hydrogens is 399 g/mol. The molecule has 27 heavy (non-hydrogen) atoms. The van der Waals surface area contributed by atoms with Gasteiger partial charge in [-0.1, -0.05) is 53.7 Å². The quantitative estimate of drug-likeness (QED) is 0.718. The highest BCUT2D eigenvalue weighted by atomic mass is 35.5. The van der Waals surface area contributed by atoms with Gasteiger partial charge in [-0.25, -0.2) is 0 Å². The predicted octanol–water partition coefficient (Wildman–Crippen LogP) is 5.40. The van der Waals surface area contributed by atoms with Crippen molar-refractivity contribution in [3.63, 3.8) is 0 Å². The second-order valence-electron chi connectivity index (χ2n) is 6.29. The molecule has 0 radical (unpaired) electrons. The molecule has 2 aromatic rings. The summed E-state index contributed by atoms with van der Waals surface area (Å²) in [7, 11) is 0. The van der Waals surface area contributed by atoms with Crippen LogP contribution in [-0.2, 0) is 11.2 Å². The van der Waals surface area contributed by atoms with E-state index in [0.29, 0.717) is 22.6 Å². The zero-order chi connectivity index (χ0) is 19.2. The number of carbonyl (C=O) groups excluding carboxylic acids is 1. The highest BCUT2D eigenvalue weighted by molar-refractivity contribution is 8.04. The van der Waals surface area contributed by atoms with Crippen LogP contribution in [-0.4, -0.2) is 12.3 Å². The third-order valence-corrected chi connectivity index (χ3v) is 6.02. The smallest absolute Gasteiger partial charge is 0.404 e. The molecule has 2 aromatic carbocycles. The summed E-state index contributed by atoms with van der Waals surface area (Å²) in [5.41, 5.74) is 2.77. The van der Waals surface area contributed by atoms with E-state index in [1.165, 1.54) is 12.1 Å². The summed E-state index contributed by atoms with van der Waals surface area (Å²) in [4.78, 5) is 13.7. The first kappa shape index (κ1) is 18.3. The highest BCUT2D eigenvalue weighted by Gasteiger charge is 2.35. The number of nitrogens with one attached hydrogen (secondary N) is 1. The lowest BCUT2D eigenvalue weighted by atomic mass is 9.91. The fourth-order valence-electron chi connectivity index (χ4n) is 3.28. The maximum Gasteiger partial charge on any atom is 0.573 e. The number of amides is 1. The van der Waals surface area contributed by atoms with Gasteiger partial charge in [-0.05, 0) is 41.7 Å². The monoisotopic (exact) mass is 411 g/mol. The molecule has 1 N–H and O–H groups in total. The standard InChI is InChI=1S/C19H13ClF3NO2S/c20-13-7-11-6-12-8-14(10-4-2-1-3-5-10)24-18(25)17(12)27-16(11)9-15(13)26-19(21,22)23/h1-5,7,9,14H,6,8H2,(H,24,25).